The minimum Gasteiger partial charge on any atom is -0.493 e. The van der Waals surface area contributed by atoms with Crippen molar-refractivity contribution < 1.29 is 14.3 Å². The van der Waals surface area contributed by atoms with Gasteiger partial charge in [-0.3, -0.25) is 9.59 Å². The zero-order valence-electron chi connectivity index (χ0n) is 19.1. The maximum Gasteiger partial charge on any atom is 0.305 e. The molecule has 1 aromatic heterocycles. The van der Waals surface area contributed by atoms with Crippen LogP contribution in [-0.2, 0) is 4.79 Å². The summed E-state index contributed by atoms with van der Waals surface area (Å²) in [6.45, 7) is -0.142. The summed E-state index contributed by atoms with van der Waals surface area (Å²) in [6.07, 6.45) is 3.86. The molecule has 35 heavy (non-hydrogen) atoms. The Morgan fingerprint density at radius 1 is 1.14 bits per heavy atom. The van der Waals surface area contributed by atoms with E-state index >= 15 is 0 Å². The Bertz CT molecular complexity index is 1320. The molecule has 2 N–H and O–H groups in total. The largest absolute Gasteiger partial charge is 0.493 e. The lowest BCUT2D eigenvalue weighted by Crippen LogP contribution is -2.33. The minimum absolute atomic E-state index is 0.0124. The van der Waals surface area contributed by atoms with Crippen molar-refractivity contribution in [1.82, 2.24) is 4.98 Å². The lowest BCUT2D eigenvalue weighted by Gasteiger charge is -2.40. The lowest BCUT2D eigenvalue weighted by atomic mass is 9.75. The van der Waals surface area contributed by atoms with Crippen molar-refractivity contribution >= 4 is 46.3 Å². The molecule has 6 rings (SSSR count). The number of rotatable bonds is 6. The van der Waals surface area contributed by atoms with Crippen LogP contribution in [0.25, 0.3) is 0 Å². The standard InChI is InChI=1S/C26H25ClN2O4S2/c1-32-19-11-14(4-9-18(19)33-12-20(30)28-17-7-5-16(27)6-8-17)22-21-13-2-3-15(10-13)23(21)34-25-24(22)35-26(31)29-25/h4-9,11,13,15,21-23H,2-3,10,12H2,1H3,(H,28,30)(H,29,31)/t13-,15-,21+,22-,23-/m0/s1. The van der Waals surface area contributed by atoms with Gasteiger partial charge in [-0.15, -0.1) is 11.8 Å². The Labute approximate surface area is 216 Å². The molecule has 2 saturated carbocycles. The molecule has 0 spiro atoms. The van der Waals surface area contributed by atoms with Gasteiger partial charge < -0.3 is 19.8 Å². The molecule has 0 radical (unpaired) electrons. The Kier molecular flexibility index (Phi) is 6.06. The number of amides is 1. The van der Waals surface area contributed by atoms with E-state index in [-0.39, 0.29) is 23.3 Å². The Hall–Kier alpha value is -2.42. The highest BCUT2D eigenvalue weighted by molar-refractivity contribution is 8.00. The van der Waals surface area contributed by atoms with Gasteiger partial charge in [-0.25, -0.2) is 0 Å². The summed E-state index contributed by atoms with van der Waals surface area (Å²) in [4.78, 5) is 28.9. The van der Waals surface area contributed by atoms with Crippen LogP contribution in [-0.4, -0.2) is 29.9 Å². The number of benzene rings is 2. The molecule has 6 nitrogen and oxygen atoms in total. The molecule has 182 valence electrons. The molecule has 2 aromatic carbocycles. The maximum absolute atomic E-state index is 12.4. The number of ether oxygens (including phenoxy) is 2. The molecular weight excluding hydrogens is 504 g/mol. The Morgan fingerprint density at radius 3 is 2.74 bits per heavy atom. The van der Waals surface area contributed by atoms with E-state index in [9.17, 15) is 9.59 Å². The molecule has 2 fully saturated rings. The molecule has 3 aromatic rings. The second kappa shape index (κ2) is 9.22. The number of halogens is 1. The zero-order valence-corrected chi connectivity index (χ0v) is 21.5. The number of hydrogen-bond donors (Lipinski definition) is 2. The molecule has 2 bridgehead atoms. The van der Waals surface area contributed by atoms with E-state index in [1.54, 1.807) is 31.4 Å². The highest BCUT2D eigenvalue weighted by Gasteiger charge is 2.54. The molecule has 5 atom stereocenters. The van der Waals surface area contributed by atoms with Crippen LogP contribution >= 0.6 is 34.7 Å². The third-order valence-corrected chi connectivity index (χ3v) is 10.4. The first kappa shape index (κ1) is 23.0. The number of thioether (sulfide) groups is 1. The van der Waals surface area contributed by atoms with Gasteiger partial charge in [-0.1, -0.05) is 29.0 Å². The summed E-state index contributed by atoms with van der Waals surface area (Å²) in [5, 5.41) is 4.99. The molecule has 0 saturated heterocycles. The number of nitrogens with one attached hydrogen (secondary N) is 2. The first-order chi connectivity index (χ1) is 17.0. The molecule has 0 unspecified atom stereocenters. The summed E-state index contributed by atoms with van der Waals surface area (Å²) < 4.78 is 11.5. The number of carbonyl (C=O) groups is 1. The van der Waals surface area contributed by atoms with Crippen molar-refractivity contribution in [2.75, 3.05) is 19.0 Å². The van der Waals surface area contributed by atoms with Crippen LogP contribution in [0.15, 0.2) is 52.3 Å². The summed E-state index contributed by atoms with van der Waals surface area (Å²) in [7, 11) is 1.61. The van der Waals surface area contributed by atoms with Crippen LogP contribution in [0.2, 0.25) is 5.02 Å². The van der Waals surface area contributed by atoms with E-state index in [2.05, 4.69) is 16.4 Å². The van der Waals surface area contributed by atoms with Gasteiger partial charge in [0.1, 0.15) is 0 Å². The fourth-order valence-corrected chi connectivity index (χ4v) is 9.11. The van der Waals surface area contributed by atoms with E-state index in [1.165, 1.54) is 30.6 Å². The van der Waals surface area contributed by atoms with Gasteiger partial charge in [0, 0.05) is 26.8 Å². The highest BCUT2D eigenvalue weighted by atomic mass is 35.5. The zero-order chi connectivity index (χ0) is 24.1. The van der Waals surface area contributed by atoms with Crippen LogP contribution in [0.1, 0.15) is 35.6 Å². The van der Waals surface area contributed by atoms with E-state index in [4.69, 9.17) is 21.1 Å². The topological polar surface area (TPSA) is 80.4 Å². The fourth-order valence-electron chi connectivity index (χ4n) is 6.09. The number of H-pyrrole nitrogens is 1. The van der Waals surface area contributed by atoms with Crippen molar-refractivity contribution in [3.8, 4) is 11.5 Å². The van der Waals surface area contributed by atoms with Crippen molar-refractivity contribution in [2.24, 2.45) is 17.8 Å². The number of methoxy groups -OCH3 is 1. The molecule has 2 heterocycles. The Balaban J connectivity index is 1.24. The Morgan fingerprint density at radius 2 is 1.94 bits per heavy atom. The van der Waals surface area contributed by atoms with Gasteiger partial charge >= 0.3 is 4.87 Å². The first-order valence-corrected chi connectivity index (χ1v) is 13.8. The monoisotopic (exact) mass is 528 g/mol. The van der Waals surface area contributed by atoms with Gasteiger partial charge in [0.2, 0.25) is 0 Å². The normalized spacial score (nSPS) is 26.2. The molecule has 1 amide bonds. The van der Waals surface area contributed by atoms with E-state index in [0.717, 1.165) is 21.4 Å². The average Bonchev–Trinajstić information content (AvgIpc) is 3.57. The second-order valence-corrected chi connectivity index (χ2v) is 12.1. The van der Waals surface area contributed by atoms with Crippen molar-refractivity contribution in [1.29, 1.82) is 0 Å². The molecule has 3 aliphatic rings. The quantitative estimate of drug-likeness (QED) is 0.424. The molecule has 9 heteroatoms. The number of aromatic amines is 1. The minimum atomic E-state index is -0.269. The van der Waals surface area contributed by atoms with E-state index in [0.29, 0.717) is 39.3 Å². The lowest BCUT2D eigenvalue weighted by molar-refractivity contribution is -0.118. The predicted molar refractivity (Wildman–Crippen MR) is 139 cm³/mol. The molecule has 1 aliphatic heterocycles. The van der Waals surface area contributed by atoms with Crippen LogP contribution in [0.4, 0.5) is 5.69 Å². The number of carbonyl (C=O) groups excluding carboxylic acids is 1. The molecular formula is C26H25ClN2O4S2. The van der Waals surface area contributed by atoms with E-state index < -0.39 is 0 Å². The molecule has 2 aliphatic carbocycles. The van der Waals surface area contributed by atoms with E-state index in [1.807, 2.05) is 23.9 Å². The SMILES string of the molecule is COc1cc([C@@H]2c3sc(=O)[nH]c3S[C@H]3[C@H]4CC[C@@H](C4)[C@H]23)ccc1OCC(=O)Nc1ccc(Cl)cc1. The first-order valence-electron chi connectivity index (χ1n) is 11.8. The van der Waals surface area contributed by atoms with Crippen molar-refractivity contribution in [3.63, 3.8) is 0 Å². The number of anilines is 1. The number of hydrogen-bond acceptors (Lipinski definition) is 6. The second-order valence-electron chi connectivity index (χ2n) is 9.43. The van der Waals surface area contributed by atoms with Gasteiger partial charge in [0.25, 0.3) is 5.91 Å². The van der Waals surface area contributed by atoms with Gasteiger partial charge in [0.15, 0.2) is 18.1 Å². The van der Waals surface area contributed by atoms with Crippen LogP contribution < -0.4 is 19.7 Å². The van der Waals surface area contributed by atoms with Gasteiger partial charge in [-0.05, 0) is 79.0 Å². The third kappa shape index (κ3) is 4.26. The van der Waals surface area contributed by atoms with Crippen molar-refractivity contribution in [2.45, 2.75) is 35.5 Å². The summed E-state index contributed by atoms with van der Waals surface area (Å²) >= 11 is 9.12. The number of thiazole rings is 1. The van der Waals surface area contributed by atoms with Crippen LogP contribution in [0.5, 0.6) is 11.5 Å². The summed E-state index contributed by atoms with van der Waals surface area (Å²) in [5.74, 6) is 2.97. The van der Waals surface area contributed by atoms with Crippen molar-refractivity contribution in [3.05, 3.63) is 67.6 Å². The summed E-state index contributed by atoms with van der Waals surface area (Å²) in [6, 6.07) is 12.9. The third-order valence-electron chi connectivity index (χ3n) is 7.50. The number of aromatic nitrogens is 1. The van der Waals surface area contributed by atoms with Gasteiger partial charge in [0.05, 0.1) is 12.1 Å². The van der Waals surface area contributed by atoms with Crippen LogP contribution in [0.3, 0.4) is 0 Å². The maximum atomic E-state index is 12.4. The average molecular weight is 529 g/mol. The summed E-state index contributed by atoms with van der Waals surface area (Å²) in [5.41, 5.74) is 1.79. The van der Waals surface area contributed by atoms with Gasteiger partial charge in [-0.2, -0.15) is 0 Å². The predicted octanol–water partition coefficient (Wildman–Crippen LogP) is 5.77. The number of fused-ring (bicyclic) bond motifs is 6. The fraction of sp³-hybridized carbons (Fsp3) is 0.385. The highest BCUT2D eigenvalue weighted by Crippen LogP contribution is 2.63. The van der Waals surface area contributed by atoms with Crippen LogP contribution in [0, 0.1) is 17.8 Å². The smallest absolute Gasteiger partial charge is 0.305 e.